The zero-order valence-electron chi connectivity index (χ0n) is 9.07. The van der Waals surface area contributed by atoms with Crippen LogP contribution in [0.25, 0.3) is 0 Å². The van der Waals surface area contributed by atoms with E-state index in [2.05, 4.69) is 0 Å². The average molecular weight is 230 g/mol. The van der Waals surface area contributed by atoms with Gasteiger partial charge >= 0.3 is 5.97 Å². The summed E-state index contributed by atoms with van der Waals surface area (Å²) in [7, 11) is 0. The van der Waals surface area contributed by atoms with Gasteiger partial charge in [-0.3, -0.25) is 0 Å². The van der Waals surface area contributed by atoms with Gasteiger partial charge in [-0.25, -0.2) is 4.79 Å². The molecular weight excluding hydrogens is 214 g/mol. The Balaban J connectivity index is 0.00000196. The molecule has 0 spiro atoms. The summed E-state index contributed by atoms with van der Waals surface area (Å²) in [4.78, 5) is 10.8. The average Bonchev–Trinajstić information content (AvgIpc) is 2.02. The van der Waals surface area contributed by atoms with Crippen molar-refractivity contribution >= 4 is 24.1 Å². The molecule has 0 aliphatic heterocycles. The van der Waals surface area contributed by atoms with E-state index in [1.165, 1.54) is 0 Å². The molecule has 1 rings (SSSR count). The second-order valence-electron chi connectivity index (χ2n) is 4.36. The lowest BCUT2D eigenvalue weighted by Crippen LogP contribution is -2.13. The highest BCUT2D eigenvalue weighted by Gasteiger charge is 2.17. The lowest BCUT2D eigenvalue weighted by atomic mass is 9.86. The fourth-order valence-electron chi connectivity index (χ4n) is 1.21. The minimum atomic E-state index is -0.978. The van der Waals surface area contributed by atoms with Crippen molar-refractivity contribution in [3.05, 3.63) is 29.3 Å². The van der Waals surface area contributed by atoms with E-state index in [1.54, 1.807) is 12.1 Å². The molecule has 15 heavy (non-hydrogen) atoms. The van der Waals surface area contributed by atoms with Crippen molar-refractivity contribution in [1.82, 2.24) is 0 Å². The zero-order valence-corrected chi connectivity index (χ0v) is 9.89. The highest BCUT2D eigenvalue weighted by molar-refractivity contribution is 5.93. The molecule has 4 heteroatoms. The molecular formula is C11H16ClNO2. The minimum Gasteiger partial charge on any atom is -0.478 e. The summed E-state index contributed by atoms with van der Waals surface area (Å²) < 4.78 is 0. The van der Waals surface area contributed by atoms with Crippen molar-refractivity contribution in [1.29, 1.82) is 0 Å². The zero-order chi connectivity index (χ0) is 10.9. The molecule has 0 aromatic heterocycles. The standard InChI is InChI=1S/C11H15NO2.ClH/c1-11(2,3)7-4-5-9(12)8(6-7)10(13)14;/h4-6H,12H2,1-3H3,(H,13,14);1H. The van der Waals surface area contributed by atoms with Crippen LogP contribution >= 0.6 is 12.4 Å². The number of aromatic carboxylic acids is 1. The second kappa shape index (κ2) is 4.53. The van der Waals surface area contributed by atoms with E-state index in [9.17, 15) is 4.79 Å². The molecule has 0 heterocycles. The monoisotopic (exact) mass is 229 g/mol. The van der Waals surface area contributed by atoms with Gasteiger partial charge in [0.1, 0.15) is 0 Å². The molecule has 0 aliphatic rings. The van der Waals surface area contributed by atoms with E-state index in [0.29, 0.717) is 5.69 Å². The molecule has 1 aromatic rings. The summed E-state index contributed by atoms with van der Waals surface area (Å²) in [6.07, 6.45) is 0. The highest BCUT2D eigenvalue weighted by Crippen LogP contribution is 2.25. The number of benzene rings is 1. The van der Waals surface area contributed by atoms with Crippen molar-refractivity contribution < 1.29 is 9.90 Å². The predicted molar refractivity (Wildman–Crippen MR) is 63.8 cm³/mol. The van der Waals surface area contributed by atoms with Gasteiger partial charge < -0.3 is 10.8 Å². The number of carbonyl (C=O) groups is 1. The number of halogens is 1. The second-order valence-corrected chi connectivity index (χ2v) is 4.36. The van der Waals surface area contributed by atoms with E-state index in [-0.39, 0.29) is 23.4 Å². The molecule has 0 amide bonds. The molecule has 3 nitrogen and oxygen atoms in total. The van der Waals surface area contributed by atoms with Gasteiger partial charge in [0.15, 0.2) is 0 Å². The topological polar surface area (TPSA) is 63.3 Å². The fraction of sp³-hybridized carbons (Fsp3) is 0.364. The van der Waals surface area contributed by atoms with Crippen molar-refractivity contribution in [3.63, 3.8) is 0 Å². The van der Waals surface area contributed by atoms with Crippen molar-refractivity contribution in [2.45, 2.75) is 26.2 Å². The third kappa shape index (κ3) is 3.13. The van der Waals surface area contributed by atoms with Crippen molar-refractivity contribution in [2.75, 3.05) is 5.73 Å². The third-order valence-electron chi connectivity index (χ3n) is 2.15. The fourth-order valence-corrected chi connectivity index (χ4v) is 1.21. The Hall–Kier alpha value is -1.22. The lowest BCUT2D eigenvalue weighted by Gasteiger charge is -2.19. The molecule has 0 bridgehead atoms. The number of anilines is 1. The van der Waals surface area contributed by atoms with Gasteiger partial charge in [0, 0.05) is 5.69 Å². The van der Waals surface area contributed by atoms with Gasteiger partial charge in [0.05, 0.1) is 5.56 Å². The summed E-state index contributed by atoms with van der Waals surface area (Å²) in [5.41, 5.74) is 6.96. The summed E-state index contributed by atoms with van der Waals surface area (Å²) in [5.74, 6) is -0.978. The van der Waals surface area contributed by atoms with Crippen LogP contribution in [0.4, 0.5) is 5.69 Å². The number of nitrogens with two attached hydrogens (primary N) is 1. The Morgan fingerprint density at radius 3 is 2.27 bits per heavy atom. The number of rotatable bonds is 1. The predicted octanol–water partition coefficient (Wildman–Crippen LogP) is 2.69. The Bertz CT molecular complexity index is 369. The first kappa shape index (κ1) is 13.8. The molecule has 0 radical (unpaired) electrons. The van der Waals surface area contributed by atoms with Gasteiger partial charge in [-0.05, 0) is 23.1 Å². The number of nitrogen functional groups attached to an aromatic ring is 1. The summed E-state index contributed by atoms with van der Waals surface area (Å²) in [6, 6.07) is 5.14. The molecule has 1 aromatic carbocycles. The molecule has 84 valence electrons. The molecule has 3 N–H and O–H groups in total. The maximum atomic E-state index is 10.8. The summed E-state index contributed by atoms with van der Waals surface area (Å²) in [6.45, 7) is 6.10. The molecule has 0 aliphatic carbocycles. The molecule has 0 atom stereocenters. The third-order valence-corrected chi connectivity index (χ3v) is 2.15. The summed E-state index contributed by atoms with van der Waals surface area (Å²) in [5, 5.41) is 8.88. The van der Waals surface area contributed by atoms with Crippen LogP contribution in [-0.2, 0) is 5.41 Å². The smallest absolute Gasteiger partial charge is 0.337 e. The van der Waals surface area contributed by atoms with Crippen LogP contribution in [0.3, 0.4) is 0 Å². The Kier molecular flexibility index (Phi) is 4.16. The number of carboxylic acid groups (broad SMARTS) is 1. The Labute approximate surface area is 95.7 Å². The van der Waals surface area contributed by atoms with E-state index >= 15 is 0 Å². The maximum absolute atomic E-state index is 10.8. The van der Waals surface area contributed by atoms with Gasteiger partial charge in [-0.1, -0.05) is 26.8 Å². The normalized spacial score (nSPS) is 10.6. The molecule has 0 fully saturated rings. The van der Waals surface area contributed by atoms with Gasteiger partial charge in [-0.15, -0.1) is 12.4 Å². The number of hydrogen-bond donors (Lipinski definition) is 2. The van der Waals surface area contributed by atoms with Crippen LogP contribution in [0.2, 0.25) is 0 Å². The van der Waals surface area contributed by atoms with Crippen LogP contribution in [0, 0.1) is 0 Å². The first-order valence-electron chi connectivity index (χ1n) is 4.45. The lowest BCUT2D eigenvalue weighted by molar-refractivity contribution is 0.0698. The van der Waals surface area contributed by atoms with E-state index in [4.69, 9.17) is 10.8 Å². The largest absolute Gasteiger partial charge is 0.478 e. The van der Waals surface area contributed by atoms with Crippen LogP contribution < -0.4 is 5.73 Å². The quantitative estimate of drug-likeness (QED) is 0.728. The number of carboxylic acids is 1. The van der Waals surface area contributed by atoms with Gasteiger partial charge in [0.2, 0.25) is 0 Å². The van der Waals surface area contributed by atoms with Crippen molar-refractivity contribution in [2.24, 2.45) is 0 Å². The Morgan fingerprint density at radius 2 is 1.87 bits per heavy atom. The maximum Gasteiger partial charge on any atom is 0.337 e. The molecule has 0 saturated heterocycles. The number of hydrogen-bond acceptors (Lipinski definition) is 2. The first-order chi connectivity index (χ1) is 6.32. The van der Waals surface area contributed by atoms with Gasteiger partial charge in [0.25, 0.3) is 0 Å². The van der Waals surface area contributed by atoms with Crippen LogP contribution in [-0.4, -0.2) is 11.1 Å². The van der Waals surface area contributed by atoms with E-state index in [1.807, 2.05) is 26.8 Å². The SMILES string of the molecule is CC(C)(C)c1ccc(N)c(C(=O)O)c1.Cl. The van der Waals surface area contributed by atoms with E-state index < -0.39 is 5.97 Å². The highest BCUT2D eigenvalue weighted by atomic mass is 35.5. The van der Waals surface area contributed by atoms with Crippen molar-refractivity contribution in [3.8, 4) is 0 Å². The molecule has 0 unspecified atom stereocenters. The van der Waals surface area contributed by atoms with Crippen LogP contribution in [0.5, 0.6) is 0 Å². The van der Waals surface area contributed by atoms with Crippen LogP contribution in [0.15, 0.2) is 18.2 Å². The first-order valence-corrected chi connectivity index (χ1v) is 4.45. The van der Waals surface area contributed by atoms with Crippen LogP contribution in [0.1, 0.15) is 36.7 Å². The Morgan fingerprint density at radius 1 is 1.33 bits per heavy atom. The molecule has 0 saturated carbocycles. The van der Waals surface area contributed by atoms with Gasteiger partial charge in [-0.2, -0.15) is 0 Å². The minimum absolute atomic E-state index is 0. The summed E-state index contributed by atoms with van der Waals surface area (Å²) >= 11 is 0. The van der Waals surface area contributed by atoms with E-state index in [0.717, 1.165) is 5.56 Å².